The van der Waals surface area contributed by atoms with E-state index in [1.165, 1.54) is 11.3 Å². The van der Waals surface area contributed by atoms with E-state index in [0.29, 0.717) is 13.0 Å². The lowest BCUT2D eigenvalue weighted by molar-refractivity contribution is 0.166. The van der Waals surface area contributed by atoms with Gasteiger partial charge in [0.1, 0.15) is 0 Å². The molecule has 4 heteroatoms. The zero-order chi connectivity index (χ0) is 7.40. The highest BCUT2D eigenvalue weighted by Crippen LogP contribution is 2.14. The lowest BCUT2D eigenvalue weighted by Gasteiger charge is -2.03. The second-order valence-electron chi connectivity index (χ2n) is 2.01. The first-order valence-corrected chi connectivity index (χ1v) is 4.05. The Morgan fingerprint density at radius 2 is 2.60 bits per heavy atom. The van der Waals surface area contributed by atoms with Gasteiger partial charge in [0.25, 0.3) is 0 Å². The molecule has 0 saturated heterocycles. The van der Waals surface area contributed by atoms with Gasteiger partial charge >= 0.3 is 0 Å². The lowest BCUT2D eigenvalue weighted by Crippen LogP contribution is -2.06. The fourth-order valence-electron chi connectivity index (χ4n) is 0.692. The van der Waals surface area contributed by atoms with Crippen molar-refractivity contribution in [3.05, 3.63) is 16.6 Å². The molecule has 3 N–H and O–H groups in total. The van der Waals surface area contributed by atoms with E-state index in [1.807, 2.05) is 5.38 Å². The molecular weight excluding hydrogens is 148 g/mol. The van der Waals surface area contributed by atoms with Gasteiger partial charge in [0.15, 0.2) is 0 Å². The van der Waals surface area contributed by atoms with E-state index < -0.39 is 6.10 Å². The van der Waals surface area contributed by atoms with Crippen molar-refractivity contribution in [2.75, 3.05) is 6.54 Å². The molecule has 1 heterocycles. The number of thiazole rings is 1. The maximum atomic E-state index is 9.27. The number of nitrogens with zero attached hydrogens (tertiary/aromatic N) is 1. The van der Waals surface area contributed by atoms with E-state index in [9.17, 15) is 5.11 Å². The highest BCUT2D eigenvalue weighted by molar-refractivity contribution is 7.07. The summed E-state index contributed by atoms with van der Waals surface area (Å²) in [5, 5.41) is 11.1. The summed E-state index contributed by atoms with van der Waals surface area (Å²) in [5.41, 5.74) is 7.69. The predicted octanol–water partition coefficient (Wildman–Crippen LogP) is 0.525. The van der Waals surface area contributed by atoms with E-state index in [-0.39, 0.29) is 0 Å². The largest absolute Gasteiger partial charge is 0.387 e. The Balaban J connectivity index is 2.50. The van der Waals surface area contributed by atoms with E-state index in [2.05, 4.69) is 4.98 Å². The zero-order valence-corrected chi connectivity index (χ0v) is 6.34. The van der Waals surface area contributed by atoms with Crippen LogP contribution in [-0.4, -0.2) is 16.6 Å². The first-order valence-electron chi connectivity index (χ1n) is 3.11. The highest BCUT2D eigenvalue weighted by Gasteiger charge is 2.06. The summed E-state index contributed by atoms with van der Waals surface area (Å²) >= 11 is 1.48. The van der Waals surface area contributed by atoms with Gasteiger partial charge < -0.3 is 10.8 Å². The van der Waals surface area contributed by atoms with Crippen LogP contribution in [-0.2, 0) is 0 Å². The molecule has 0 unspecified atom stereocenters. The van der Waals surface area contributed by atoms with Crippen LogP contribution in [0.1, 0.15) is 18.2 Å². The number of hydrogen-bond acceptors (Lipinski definition) is 4. The Bertz CT molecular complexity index is 176. The smallest absolute Gasteiger partial charge is 0.0980 e. The Morgan fingerprint density at radius 3 is 3.10 bits per heavy atom. The molecule has 0 aliphatic rings. The van der Waals surface area contributed by atoms with Gasteiger partial charge in [-0.25, -0.2) is 4.98 Å². The van der Waals surface area contributed by atoms with Crippen LogP contribution in [0.5, 0.6) is 0 Å². The number of aromatic nitrogens is 1. The summed E-state index contributed by atoms with van der Waals surface area (Å²) < 4.78 is 0. The van der Waals surface area contributed by atoms with Crippen molar-refractivity contribution < 1.29 is 5.11 Å². The van der Waals surface area contributed by atoms with E-state index >= 15 is 0 Å². The van der Waals surface area contributed by atoms with Crippen molar-refractivity contribution in [2.45, 2.75) is 12.5 Å². The van der Waals surface area contributed by atoms with Crippen LogP contribution in [0.25, 0.3) is 0 Å². The van der Waals surface area contributed by atoms with Crippen LogP contribution in [0.3, 0.4) is 0 Å². The average molecular weight is 158 g/mol. The molecule has 0 radical (unpaired) electrons. The molecule has 0 aliphatic heterocycles. The molecule has 1 aromatic heterocycles. The monoisotopic (exact) mass is 158 g/mol. The van der Waals surface area contributed by atoms with Crippen LogP contribution in [0.15, 0.2) is 10.9 Å². The second kappa shape index (κ2) is 3.65. The van der Waals surface area contributed by atoms with E-state index in [1.54, 1.807) is 5.51 Å². The normalized spacial score (nSPS) is 13.4. The molecule has 56 valence electrons. The van der Waals surface area contributed by atoms with E-state index in [4.69, 9.17) is 5.73 Å². The molecule has 0 aliphatic carbocycles. The van der Waals surface area contributed by atoms with E-state index in [0.717, 1.165) is 5.69 Å². The number of aliphatic hydroxyl groups is 1. The molecular formula is C6H10N2OS. The fourth-order valence-corrected chi connectivity index (χ4v) is 1.29. The van der Waals surface area contributed by atoms with Crippen molar-refractivity contribution >= 4 is 11.3 Å². The molecule has 0 saturated carbocycles. The summed E-state index contributed by atoms with van der Waals surface area (Å²) in [5.74, 6) is 0. The number of hydrogen-bond donors (Lipinski definition) is 2. The van der Waals surface area contributed by atoms with Gasteiger partial charge in [-0.1, -0.05) is 0 Å². The average Bonchev–Trinajstić information content (AvgIpc) is 2.38. The maximum absolute atomic E-state index is 9.27. The summed E-state index contributed by atoms with van der Waals surface area (Å²) in [7, 11) is 0. The molecule has 0 spiro atoms. The van der Waals surface area contributed by atoms with Gasteiger partial charge in [-0.15, -0.1) is 11.3 Å². The number of rotatable bonds is 3. The molecule has 0 fully saturated rings. The molecule has 1 aromatic rings. The van der Waals surface area contributed by atoms with Gasteiger partial charge in [-0.3, -0.25) is 0 Å². The fraction of sp³-hybridized carbons (Fsp3) is 0.500. The predicted molar refractivity (Wildman–Crippen MR) is 40.7 cm³/mol. The second-order valence-corrected chi connectivity index (χ2v) is 2.73. The van der Waals surface area contributed by atoms with Crippen LogP contribution in [0, 0.1) is 0 Å². The highest BCUT2D eigenvalue weighted by atomic mass is 32.1. The third-order valence-corrected chi connectivity index (χ3v) is 1.84. The summed E-state index contributed by atoms with van der Waals surface area (Å²) in [4.78, 5) is 3.95. The molecule has 0 bridgehead atoms. The van der Waals surface area contributed by atoms with Gasteiger partial charge in [0, 0.05) is 5.38 Å². The van der Waals surface area contributed by atoms with Gasteiger partial charge in [-0.05, 0) is 13.0 Å². The van der Waals surface area contributed by atoms with Crippen LogP contribution in [0.4, 0.5) is 0 Å². The topological polar surface area (TPSA) is 59.1 Å². The van der Waals surface area contributed by atoms with Crippen molar-refractivity contribution in [1.29, 1.82) is 0 Å². The van der Waals surface area contributed by atoms with Crippen LogP contribution in [0.2, 0.25) is 0 Å². The number of nitrogens with two attached hydrogens (primary N) is 1. The summed E-state index contributed by atoms with van der Waals surface area (Å²) in [6.45, 7) is 0.499. The van der Waals surface area contributed by atoms with Gasteiger partial charge in [0.2, 0.25) is 0 Å². The van der Waals surface area contributed by atoms with Gasteiger partial charge in [0.05, 0.1) is 17.3 Å². The molecule has 0 aromatic carbocycles. The molecule has 1 rings (SSSR count). The zero-order valence-electron chi connectivity index (χ0n) is 5.53. The standard InChI is InChI=1S/C6H10N2OS/c7-2-1-6(9)5-3-10-4-8-5/h3-4,6,9H,1-2,7H2/t6-/m0/s1. The Hall–Kier alpha value is -0.450. The van der Waals surface area contributed by atoms with Crippen molar-refractivity contribution in [3.8, 4) is 0 Å². The first kappa shape index (κ1) is 7.65. The maximum Gasteiger partial charge on any atom is 0.0980 e. The minimum Gasteiger partial charge on any atom is -0.387 e. The Labute approximate surface area is 63.5 Å². The summed E-state index contributed by atoms with van der Waals surface area (Å²) in [6.07, 6.45) is 0.111. The molecule has 0 amide bonds. The SMILES string of the molecule is NCC[C@H](O)c1cscn1. The molecule has 3 nitrogen and oxygen atoms in total. The van der Waals surface area contributed by atoms with Crippen molar-refractivity contribution in [2.24, 2.45) is 5.73 Å². The molecule has 10 heavy (non-hydrogen) atoms. The summed E-state index contributed by atoms with van der Waals surface area (Å²) in [6, 6.07) is 0. The minimum absolute atomic E-state index is 0.476. The first-order chi connectivity index (χ1) is 4.84. The van der Waals surface area contributed by atoms with Crippen molar-refractivity contribution in [3.63, 3.8) is 0 Å². The quantitative estimate of drug-likeness (QED) is 0.674. The third-order valence-electron chi connectivity index (χ3n) is 1.23. The minimum atomic E-state index is -0.476. The molecule has 1 atom stereocenters. The van der Waals surface area contributed by atoms with Crippen molar-refractivity contribution in [1.82, 2.24) is 4.98 Å². The van der Waals surface area contributed by atoms with Gasteiger partial charge in [-0.2, -0.15) is 0 Å². The lowest BCUT2D eigenvalue weighted by atomic mass is 10.2. The van der Waals surface area contributed by atoms with Crippen LogP contribution >= 0.6 is 11.3 Å². The Morgan fingerprint density at radius 1 is 1.80 bits per heavy atom. The third kappa shape index (κ3) is 1.76. The Kier molecular flexibility index (Phi) is 2.80. The van der Waals surface area contributed by atoms with Crippen LogP contribution < -0.4 is 5.73 Å². The number of aliphatic hydroxyl groups excluding tert-OH is 1.